The van der Waals surface area contributed by atoms with E-state index in [0.717, 1.165) is 10.9 Å². The zero-order chi connectivity index (χ0) is 8.10. The van der Waals surface area contributed by atoms with Gasteiger partial charge in [0, 0.05) is 12.2 Å². The summed E-state index contributed by atoms with van der Waals surface area (Å²) in [6.07, 6.45) is 2.04. The lowest BCUT2D eigenvalue weighted by Gasteiger charge is -1.92. The standard InChI is InChI=1S/C6H9N3OS/c1-5(10)2-3-11-6-7-4-8-9-6/h4H,2-3H2,1H3,(H,7,8,9). The zero-order valence-corrected chi connectivity index (χ0v) is 7.02. The molecule has 0 amide bonds. The van der Waals surface area contributed by atoms with Gasteiger partial charge < -0.3 is 0 Å². The Morgan fingerprint density at radius 1 is 1.82 bits per heavy atom. The summed E-state index contributed by atoms with van der Waals surface area (Å²) in [6, 6.07) is 0. The lowest BCUT2D eigenvalue weighted by Crippen LogP contribution is -1.91. The van der Waals surface area contributed by atoms with Gasteiger partial charge in [-0.2, -0.15) is 5.10 Å². The van der Waals surface area contributed by atoms with Gasteiger partial charge in [-0.05, 0) is 6.92 Å². The summed E-state index contributed by atoms with van der Waals surface area (Å²) in [7, 11) is 0. The van der Waals surface area contributed by atoms with E-state index in [1.807, 2.05) is 0 Å². The highest BCUT2D eigenvalue weighted by molar-refractivity contribution is 7.99. The van der Waals surface area contributed by atoms with E-state index in [9.17, 15) is 4.79 Å². The van der Waals surface area contributed by atoms with Crippen molar-refractivity contribution in [2.75, 3.05) is 5.75 Å². The third-order valence-corrected chi connectivity index (χ3v) is 1.96. The van der Waals surface area contributed by atoms with Crippen LogP contribution in [0.15, 0.2) is 11.5 Å². The number of H-pyrrole nitrogens is 1. The quantitative estimate of drug-likeness (QED) is 0.683. The van der Waals surface area contributed by atoms with Crippen LogP contribution in [0.25, 0.3) is 0 Å². The van der Waals surface area contributed by atoms with Gasteiger partial charge in [0.1, 0.15) is 12.1 Å². The molecule has 5 heteroatoms. The van der Waals surface area contributed by atoms with E-state index in [-0.39, 0.29) is 5.78 Å². The summed E-state index contributed by atoms with van der Waals surface area (Å²) in [5.41, 5.74) is 0. The summed E-state index contributed by atoms with van der Waals surface area (Å²) in [5, 5.41) is 7.15. The molecule has 0 unspecified atom stereocenters. The minimum atomic E-state index is 0.206. The van der Waals surface area contributed by atoms with Crippen LogP contribution < -0.4 is 0 Å². The van der Waals surface area contributed by atoms with E-state index >= 15 is 0 Å². The topological polar surface area (TPSA) is 58.6 Å². The Hall–Kier alpha value is -0.840. The van der Waals surface area contributed by atoms with Crippen molar-refractivity contribution in [2.24, 2.45) is 0 Å². The molecule has 1 aromatic heterocycles. The first kappa shape index (κ1) is 8.26. The Balaban J connectivity index is 2.19. The lowest BCUT2D eigenvalue weighted by atomic mass is 10.4. The van der Waals surface area contributed by atoms with Gasteiger partial charge >= 0.3 is 0 Å². The highest BCUT2D eigenvalue weighted by atomic mass is 32.2. The van der Waals surface area contributed by atoms with Gasteiger partial charge in [0.2, 0.25) is 0 Å². The van der Waals surface area contributed by atoms with Gasteiger partial charge in [-0.1, -0.05) is 11.8 Å². The number of thioether (sulfide) groups is 1. The maximum Gasteiger partial charge on any atom is 0.183 e. The Morgan fingerprint density at radius 3 is 3.18 bits per heavy atom. The average molecular weight is 171 g/mol. The van der Waals surface area contributed by atoms with Crippen LogP contribution in [-0.4, -0.2) is 26.7 Å². The molecule has 0 fully saturated rings. The number of aromatic amines is 1. The molecular weight excluding hydrogens is 162 g/mol. The zero-order valence-electron chi connectivity index (χ0n) is 6.20. The van der Waals surface area contributed by atoms with Crippen LogP contribution in [0, 0.1) is 0 Å². The Morgan fingerprint density at radius 2 is 2.64 bits per heavy atom. The molecule has 0 aliphatic carbocycles. The molecule has 1 N–H and O–H groups in total. The summed E-state index contributed by atoms with van der Waals surface area (Å²) in [6.45, 7) is 1.58. The van der Waals surface area contributed by atoms with E-state index in [1.165, 1.54) is 18.1 Å². The Bertz CT molecular complexity index is 222. The van der Waals surface area contributed by atoms with Crippen molar-refractivity contribution in [1.29, 1.82) is 0 Å². The molecule has 4 nitrogen and oxygen atoms in total. The molecule has 0 aliphatic rings. The van der Waals surface area contributed by atoms with E-state index in [4.69, 9.17) is 0 Å². The number of carbonyl (C=O) groups excluding carboxylic acids is 1. The molecule has 1 heterocycles. The van der Waals surface area contributed by atoms with Crippen LogP contribution in [0.2, 0.25) is 0 Å². The highest BCUT2D eigenvalue weighted by Gasteiger charge is 1.97. The molecule has 0 bridgehead atoms. The average Bonchev–Trinajstić information content (AvgIpc) is 2.39. The summed E-state index contributed by atoms with van der Waals surface area (Å²) >= 11 is 1.51. The van der Waals surface area contributed by atoms with Gasteiger partial charge in [0.05, 0.1) is 0 Å². The number of Topliss-reactive ketones (excluding diaryl/α,β-unsaturated/α-hetero) is 1. The number of aromatic nitrogens is 3. The lowest BCUT2D eigenvalue weighted by molar-refractivity contribution is -0.116. The molecule has 0 aromatic carbocycles. The number of ketones is 1. The summed E-state index contributed by atoms with van der Waals surface area (Å²) in [5.74, 6) is 0.974. The first-order valence-electron chi connectivity index (χ1n) is 3.26. The number of hydrogen-bond donors (Lipinski definition) is 1. The normalized spacial score (nSPS) is 9.91. The monoisotopic (exact) mass is 171 g/mol. The smallest absolute Gasteiger partial charge is 0.183 e. The van der Waals surface area contributed by atoms with E-state index in [0.29, 0.717) is 6.42 Å². The minimum Gasteiger partial charge on any atom is -0.300 e. The van der Waals surface area contributed by atoms with Crippen molar-refractivity contribution in [3.8, 4) is 0 Å². The predicted molar refractivity (Wildman–Crippen MR) is 42.4 cm³/mol. The maximum atomic E-state index is 10.5. The van der Waals surface area contributed by atoms with Crippen molar-refractivity contribution in [3.63, 3.8) is 0 Å². The summed E-state index contributed by atoms with van der Waals surface area (Å²) < 4.78 is 0. The first-order chi connectivity index (χ1) is 5.29. The number of hydrogen-bond acceptors (Lipinski definition) is 4. The molecule has 1 rings (SSSR count). The largest absolute Gasteiger partial charge is 0.300 e. The second-order valence-corrected chi connectivity index (χ2v) is 3.17. The minimum absolute atomic E-state index is 0.206. The number of nitrogens with one attached hydrogen (secondary N) is 1. The molecule has 0 saturated carbocycles. The molecule has 1 aromatic rings. The molecule has 0 spiro atoms. The third kappa shape index (κ3) is 3.18. The number of nitrogens with zero attached hydrogens (tertiary/aromatic N) is 2. The molecule has 0 saturated heterocycles. The predicted octanol–water partition coefficient (Wildman–Crippen LogP) is 0.876. The molecule has 11 heavy (non-hydrogen) atoms. The van der Waals surface area contributed by atoms with Gasteiger partial charge in [0.15, 0.2) is 5.16 Å². The van der Waals surface area contributed by atoms with E-state index in [2.05, 4.69) is 15.2 Å². The molecular formula is C6H9N3OS. The van der Waals surface area contributed by atoms with Crippen LogP contribution in [0.1, 0.15) is 13.3 Å². The van der Waals surface area contributed by atoms with E-state index in [1.54, 1.807) is 6.92 Å². The van der Waals surface area contributed by atoms with Crippen LogP contribution in [-0.2, 0) is 4.79 Å². The van der Waals surface area contributed by atoms with Crippen LogP contribution >= 0.6 is 11.8 Å². The Kier molecular flexibility index (Phi) is 3.10. The van der Waals surface area contributed by atoms with Crippen molar-refractivity contribution in [1.82, 2.24) is 15.2 Å². The van der Waals surface area contributed by atoms with Crippen LogP contribution in [0.5, 0.6) is 0 Å². The van der Waals surface area contributed by atoms with Crippen molar-refractivity contribution in [3.05, 3.63) is 6.33 Å². The SMILES string of the molecule is CC(=O)CCSc1ncn[nH]1. The fraction of sp³-hybridized carbons (Fsp3) is 0.500. The first-order valence-corrected chi connectivity index (χ1v) is 4.25. The molecule has 0 radical (unpaired) electrons. The molecule has 60 valence electrons. The summed E-state index contributed by atoms with van der Waals surface area (Å²) in [4.78, 5) is 14.4. The van der Waals surface area contributed by atoms with Crippen molar-refractivity contribution >= 4 is 17.5 Å². The van der Waals surface area contributed by atoms with Crippen LogP contribution in [0.3, 0.4) is 0 Å². The third-order valence-electron chi connectivity index (χ3n) is 1.09. The number of carbonyl (C=O) groups is 1. The van der Waals surface area contributed by atoms with Crippen molar-refractivity contribution in [2.45, 2.75) is 18.5 Å². The van der Waals surface area contributed by atoms with Gasteiger partial charge in [-0.3, -0.25) is 9.89 Å². The van der Waals surface area contributed by atoms with Crippen LogP contribution in [0.4, 0.5) is 0 Å². The molecule has 0 atom stereocenters. The highest BCUT2D eigenvalue weighted by Crippen LogP contribution is 2.11. The van der Waals surface area contributed by atoms with Gasteiger partial charge in [-0.25, -0.2) is 4.98 Å². The number of rotatable bonds is 4. The molecule has 0 aliphatic heterocycles. The van der Waals surface area contributed by atoms with Crippen molar-refractivity contribution < 1.29 is 4.79 Å². The Labute approximate surface area is 68.8 Å². The second kappa shape index (κ2) is 4.12. The van der Waals surface area contributed by atoms with Gasteiger partial charge in [-0.15, -0.1) is 0 Å². The second-order valence-electron chi connectivity index (χ2n) is 2.09. The van der Waals surface area contributed by atoms with Gasteiger partial charge in [0.25, 0.3) is 0 Å². The fourth-order valence-electron chi connectivity index (χ4n) is 0.555. The van der Waals surface area contributed by atoms with E-state index < -0.39 is 0 Å². The fourth-order valence-corrected chi connectivity index (χ4v) is 1.38. The maximum absolute atomic E-state index is 10.5.